The van der Waals surface area contributed by atoms with Gasteiger partial charge in [-0.25, -0.2) is 9.97 Å². The van der Waals surface area contributed by atoms with Gasteiger partial charge in [-0.15, -0.1) is 0 Å². The number of nitrogens with zero attached hydrogens (tertiary/aromatic N) is 5. The van der Waals surface area contributed by atoms with Crippen LogP contribution in [0.1, 0.15) is 24.2 Å². The van der Waals surface area contributed by atoms with E-state index in [1.807, 2.05) is 39.8 Å². The molecular weight excluding hydrogens is 428 g/mol. The van der Waals surface area contributed by atoms with Gasteiger partial charge in [-0.1, -0.05) is 30.3 Å². The fourth-order valence-electron chi connectivity index (χ4n) is 3.69. The van der Waals surface area contributed by atoms with E-state index in [4.69, 9.17) is 12.2 Å². The van der Waals surface area contributed by atoms with Crippen molar-refractivity contribution in [1.29, 1.82) is 0 Å². The van der Waals surface area contributed by atoms with Gasteiger partial charge >= 0.3 is 5.97 Å². The zero-order valence-corrected chi connectivity index (χ0v) is 18.1. The van der Waals surface area contributed by atoms with E-state index in [9.17, 15) is 9.90 Å². The van der Waals surface area contributed by atoms with Crippen LogP contribution in [-0.2, 0) is 24.4 Å². The van der Waals surface area contributed by atoms with Crippen LogP contribution in [0, 0.1) is 4.77 Å². The summed E-state index contributed by atoms with van der Waals surface area (Å²) in [6, 6.07) is 9.08. The van der Waals surface area contributed by atoms with Gasteiger partial charge in [-0.2, -0.15) is 5.10 Å². The molecule has 0 saturated heterocycles. The number of aromatic amines is 3. The molecule has 0 radical (unpaired) electrons. The number of carbonyl (C=O) groups is 1. The van der Waals surface area contributed by atoms with Gasteiger partial charge in [0.05, 0.1) is 12.7 Å². The van der Waals surface area contributed by atoms with Crippen molar-refractivity contribution in [2.75, 3.05) is 0 Å². The van der Waals surface area contributed by atoms with Crippen LogP contribution in [0.4, 0.5) is 0 Å². The van der Waals surface area contributed by atoms with Gasteiger partial charge in [-0.05, 0) is 25.1 Å². The lowest BCUT2D eigenvalue weighted by Crippen LogP contribution is -2.40. The maximum Gasteiger partial charge on any atom is 0.320 e. The van der Waals surface area contributed by atoms with Crippen molar-refractivity contribution in [1.82, 2.24) is 39.6 Å². The number of imidazole rings is 2. The number of carboxylic acids is 1. The number of hydrogen-bond donors (Lipinski definition) is 4. The Balaban J connectivity index is 1.48. The van der Waals surface area contributed by atoms with Gasteiger partial charge in [0, 0.05) is 49.0 Å². The standard InChI is InChI=1S/C21H24N8O2S/c30-20(31)18(28(11-16-9-22-13-24-16)12-17-10-23-14-25-17)7-4-8-29-19(26-27-21(29)32)15-5-2-1-3-6-15/h1-3,5-6,9-10,13-14,18H,4,7-8,11-12H2,(H,22,24)(H,23,25)(H,27,32)(H,30,31)/t18-/m1/s1. The Kier molecular flexibility index (Phi) is 6.87. The first-order valence-electron chi connectivity index (χ1n) is 10.2. The van der Waals surface area contributed by atoms with Crippen molar-refractivity contribution >= 4 is 18.2 Å². The monoisotopic (exact) mass is 452 g/mol. The molecule has 1 aromatic carbocycles. The van der Waals surface area contributed by atoms with Crippen molar-refractivity contribution in [3.63, 3.8) is 0 Å². The number of nitrogens with one attached hydrogen (secondary N) is 3. The molecule has 0 aliphatic rings. The van der Waals surface area contributed by atoms with Crippen molar-refractivity contribution in [2.24, 2.45) is 0 Å². The summed E-state index contributed by atoms with van der Waals surface area (Å²) < 4.78 is 2.43. The predicted molar refractivity (Wildman–Crippen MR) is 120 cm³/mol. The lowest BCUT2D eigenvalue weighted by Gasteiger charge is -2.28. The van der Waals surface area contributed by atoms with Gasteiger partial charge < -0.3 is 19.6 Å². The Morgan fingerprint density at radius 1 is 1.09 bits per heavy atom. The van der Waals surface area contributed by atoms with Gasteiger partial charge in [0.1, 0.15) is 6.04 Å². The van der Waals surface area contributed by atoms with E-state index in [1.165, 1.54) is 0 Å². The van der Waals surface area contributed by atoms with Gasteiger partial charge in [0.15, 0.2) is 10.6 Å². The Hall–Kier alpha value is -3.57. The molecule has 166 valence electrons. The van der Waals surface area contributed by atoms with Crippen LogP contribution >= 0.6 is 12.2 Å². The molecule has 0 saturated carbocycles. The van der Waals surface area contributed by atoms with E-state index >= 15 is 0 Å². The summed E-state index contributed by atoms with van der Waals surface area (Å²) in [5.74, 6) is -0.127. The lowest BCUT2D eigenvalue weighted by molar-refractivity contribution is -0.144. The van der Waals surface area contributed by atoms with Crippen LogP contribution in [0.5, 0.6) is 0 Å². The van der Waals surface area contributed by atoms with Crippen LogP contribution in [0.3, 0.4) is 0 Å². The van der Waals surface area contributed by atoms with Crippen LogP contribution in [0.2, 0.25) is 0 Å². The van der Waals surface area contributed by atoms with E-state index in [-0.39, 0.29) is 0 Å². The normalized spacial score (nSPS) is 12.3. The van der Waals surface area contributed by atoms with Crippen LogP contribution in [0.25, 0.3) is 11.4 Å². The van der Waals surface area contributed by atoms with E-state index in [1.54, 1.807) is 25.0 Å². The number of aromatic nitrogens is 7. The lowest BCUT2D eigenvalue weighted by atomic mass is 10.1. The topological polar surface area (TPSA) is 132 Å². The minimum atomic E-state index is -0.872. The van der Waals surface area contributed by atoms with E-state index in [2.05, 4.69) is 30.1 Å². The molecule has 3 heterocycles. The summed E-state index contributed by atoms with van der Waals surface area (Å²) >= 11 is 5.40. The second-order valence-electron chi connectivity index (χ2n) is 7.42. The number of carboxylic acid groups (broad SMARTS) is 1. The molecule has 0 aliphatic carbocycles. The molecular formula is C21H24N8O2S. The average molecular weight is 453 g/mol. The van der Waals surface area contributed by atoms with Crippen molar-refractivity contribution in [3.05, 3.63) is 71.5 Å². The molecule has 0 fully saturated rings. The van der Waals surface area contributed by atoms with E-state index in [0.717, 1.165) is 22.8 Å². The fourth-order valence-corrected chi connectivity index (χ4v) is 3.92. The zero-order chi connectivity index (χ0) is 22.3. The Morgan fingerprint density at radius 3 is 2.31 bits per heavy atom. The Morgan fingerprint density at radius 2 is 1.75 bits per heavy atom. The summed E-state index contributed by atoms with van der Waals surface area (Å²) in [5.41, 5.74) is 2.65. The predicted octanol–water partition coefficient (Wildman–Crippen LogP) is 2.99. The molecule has 4 N–H and O–H groups in total. The average Bonchev–Trinajstić information content (AvgIpc) is 3.55. The molecule has 3 aromatic heterocycles. The van der Waals surface area contributed by atoms with Crippen LogP contribution in [-0.4, -0.2) is 56.7 Å². The second kappa shape index (κ2) is 10.2. The van der Waals surface area contributed by atoms with Crippen LogP contribution in [0.15, 0.2) is 55.4 Å². The highest BCUT2D eigenvalue weighted by molar-refractivity contribution is 7.71. The third-order valence-corrected chi connectivity index (χ3v) is 5.54. The fraction of sp³-hybridized carbons (Fsp3) is 0.286. The molecule has 0 spiro atoms. The van der Waals surface area contributed by atoms with E-state index in [0.29, 0.717) is 37.2 Å². The third kappa shape index (κ3) is 5.18. The maximum atomic E-state index is 12.2. The number of hydrogen-bond acceptors (Lipinski definition) is 6. The Bertz CT molecular complexity index is 1130. The summed E-state index contributed by atoms with van der Waals surface area (Å²) in [6.07, 6.45) is 7.65. The highest BCUT2D eigenvalue weighted by atomic mass is 32.1. The van der Waals surface area contributed by atoms with Gasteiger partial charge in [-0.3, -0.25) is 14.8 Å². The molecule has 1 atom stereocenters. The number of aliphatic carboxylic acids is 1. The molecule has 32 heavy (non-hydrogen) atoms. The number of H-pyrrole nitrogens is 3. The molecule has 4 rings (SSSR count). The molecule has 0 amide bonds. The molecule has 0 bridgehead atoms. The highest BCUT2D eigenvalue weighted by Crippen LogP contribution is 2.19. The minimum Gasteiger partial charge on any atom is -0.480 e. The molecule has 4 aromatic rings. The first-order chi connectivity index (χ1) is 15.6. The smallest absolute Gasteiger partial charge is 0.320 e. The summed E-state index contributed by atoms with van der Waals surface area (Å²) in [7, 11) is 0. The summed E-state index contributed by atoms with van der Waals surface area (Å²) in [5, 5.41) is 17.2. The molecule has 11 heteroatoms. The molecule has 0 unspecified atom stereocenters. The zero-order valence-electron chi connectivity index (χ0n) is 17.3. The Labute approximate surface area is 189 Å². The highest BCUT2D eigenvalue weighted by Gasteiger charge is 2.26. The minimum absolute atomic E-state index is 0.427. The number of rotatable bonds is 11. The number of benzene rings is 1. The van der Waals surface area contributed by atoms with Gasteiger partial charge in [0.25, 0.3) is 0 Å². The summed E-state index contributed by atoms with van der Waals surface area (Å²) in [4.78, 5) is 28.3. The second-order valence-corrected chi connectivity index (χ2v) is 7.81. The van der Waals surface area contributed by atoms with Gasteiger partial charge in [0.2, 0.25) is 0 Å². The molecule has 10 nitrogen and oxygen atoms in total. The SMILES string of the molecule is O=C(O)[C@@H](CCCn1c(-c2ccccc2)n[nH]c1=S)N(Cc1cnc[nH]1)Cc1cnc[nH]1. The summed E-state index contributed by atoms with van der Waals surface area (Å²) in [6.45, 7) is 1.41. The third-order valence-electron chi connectivity index (χ3n) is 5.23. The van der Waals surface area contributed by atoms with E-state index < -0.39 is 12.0 Å². The van der Waals surface area contributed by atoms with Crippen LogP contribution < -0.4 is 0 Å². The maximum absolute atomic E-state index is 12.2. The van der Waals surface area contributed by atoms with Crippen molar-refractivity contribution < 1.29 is 9.90 Å². The van der Waals surface area contributed by atoms with Crippen molar-refractivity contribution in [2.45, 2.75) is 38.5 Å². The first-order valence-corrected chi connectivity index (χ1v) is 10.6. The first kappa shape index (κ1) is 21.7. The largest absolute Gasteiger partial charge is 0.480 e. The van der Waals surface area contributed by atoms with Crippen molar-refractivity contribution in [3.8, 4) is 11.4 Å². The molecule has 0 aliphatic heterocycles. The quantitative estimate of drug-likeness (QED) is 0.257.